The van der Waals surface area contributed by atoms with Gasteiger partial charge in [0.1, 0.15) is 5.52 Å². The second kappa shape index (κ2) is 4.47. The summed E-state index contributed by atoms with van der Waals surface area (Å²) in [5, 5.41) is 3.41. The maximum atomic E-state index is 5.80. The molecule has 2 unspecified atom stereocenters. The molecule has 1 saturated heterocycles. The van der Waals surface area contributed by atoms with Crippen molar-refractivity contribution in [2.24, 2.45) is 0 Å². The second-order valence-corrected chi connectivity index (χ2v) is 4.33. The van der Waals surface area contributed by atoms with Gasteiger partial charge in [0.15, 0.2) is 5.58 Å². The Morgan fingerprint density at radius 3 is 3.06 bits per heavy atom. The number of likely N-dealkylation sites (N-methyl/N-ethyl adjacent to an activating group) is 1. The average Bonchev–Trinajstić information content (AvgIpc) is 2.94. The van der Waals surface area contributed by atoms with Gasteiger partial charge in [-0.15, -0.1) is 0 Å². The first-order valence-corrected chi connectivity index (χ1v) is 6.05. The summed E-state index contributed by atoms with van der Waals surface area (Å²) in [5.74, 6) is 1.01. The summed E-state index contributed by atoms with van der Waals surface area (Å²) in [6, 6.07) is 8.17. The molecule has 1 aliphatic heterocycles. The van der Waals surface area contributed by atoms with Crippen LogP contribution in [0.5, 0.6) is 0 Å². The lowest BCUT2D eigenvalue weighted by Gasteiger charge is -2.14. The highest BCUT2D eigenvalue weighted by atomic mass is 16.5. The minimum Gasteiger partial charge on any atom is -0.440 e. The molecule has 90 valence electrons. The summed E-state index contributed by atoms with van der Waals surface area (Å²) < 4.78 is 11.3. The standard InChI is InChI=1S/C13H16N2O2/c1-2-14-11-8-16-7-9(11)13-15-10-5-3-4-6-12(10)17-13/h3-6,9,11,14H,2,7-8H2,1H3. The maximum Gasteiger partial charge on any atom is 0.202 e. The number of hydrogen-bond acceptors (Lipinski definition) is 4. The van der Waals surface area contributed by atoms with Crippen molar-refractivity contribution in [2.45, 2.75) is 18.9 Å². The van der Waals surface area contributed by atoms with Crippen LogP contribution in [0.2, 0.25) is 0 Å². The van der Waals surface area contributed by atoms with E-state index in [2.05, 4.69) is 17.2 Å². The zero-order valence-corrected chi connectivity index (χ0v) is 9.85. The number of oxazole rings is 1. The summed E-state index contributed by atoms with van der Waals surface area (Å²) >= 11 is 0. The third-order valence-corrected chi connectivity index (χ3v) is 3.17. The summed E-state index contributed by atoms with van der Waals surface area (Å²) in [6.07, 6.45) is 0. The van der Waals surface area contributed by atoms with Gasteiger partial charge in [0, 0.05) is 6.04 Å². The van der Waals surface area contributed by atoms with Crippen molar-refractivity contribution < 1.29 is 9.15 Å². The molecule has 2 aromatic rings. The zero-order chi connectivity index (χ0) is 11.7. The van der Waals surface area contributed by atoms with Crippen molar-refractivity contribution in [2.75, 3.05) is 19.8 Å². The first-order valence-electron chi connectivity index (χ1n) is 6.05. The Morgan fingerprint density at radius 1 is 1.35 bits per heavy atom. The lowest BCUT2D eigenvalue weighted by atomic mass is 10.0. The number of hydrogen-bond donors (Lipinski definition) is 1. The Balaban J connectivity index is 1.92. The van der Waals surface area contributed by atoms with E-state index in [0.29, 0.717) is 12.6 Å². The molecule has 2 atom stereocenters. The quantitative estimate of drug-likeness (QED) is 0.878. The van der Waals surface area contributed by atoms with Gasteiger partial charge in [-0.2, -0.15) is 0 Å². The summed E-state index contributed by atoms with van der Waals surface area (Å²) in [4.78, 5) is 4.54. The van der Waals surface area contributed by atoms with E-state index in [1.54, 1.807) is 0 Å². The van der Waals surface area contributed by atoms with E-state index in [9.17, 15) is 0 Å². The molecule has 17 heavy (non-hydrogen) atoms. The van der Waals surface area contributed by atoms with Crippen molar-refractivity contribution in [1.82, 2.24) is 10.3 Å². The van der Waals surface area contributed by atoms with E-state index >= 15 is 0 Å². The molecule has 0 spiro atoms. The monoisotopic (exact) mass is 232 g/mol. The number of rotatable bonds is 3. The fourth-order valence-electron chi connectivity index (χ4n) is 2.31. The predicted octanol–water partition coefficient (Wildman–Crippen LogP) is 1.92. The number of aromatic nitrogens is 1. The zero-order valence-electron chi connectivity index (χ0n) is 9.85. The molecule has 2 heterocycles. The van der Waals surface area contributed by atoms with Crippen LogP contribution in [-0.4, -0.2) is 30.8 Å². The van der Waals surface area contributed by atoms with Crippen LogP contribution in [0.15, 0.2) is 28.7 Å². The van der Waals surface area contributed by atoms with Crippen LogP contribution < -0.4 is 5.32 Å². The number of nitrogens with one attached hydrogen (secondary N) is 1. The highest BCUT2D eigenvalue weighted by Gasteiger charge is 2.32. The molecule has 0 amide bonds. The molecular formula is C13H16N2O2. The average molecular weight is 232 g/mol. The smallest absolute Gasteiger partial charge is 0.202 e. The topological polar surface area (TPSA) is 47.3 Å². The molecule has 0 radical (unpaired) electrons. The normalized spacial score (nSPS) is 24.5. The number of para-hydroxylation sites is 2. The van der Waals surface area contributed by atoms with Crippen molar-refractivity contribution in [3.63, 3.8) is 0 Å². The number of benzene rings is 1. The molecule has 0 aliphatic carbocycles. The van der Waals surface area contributed by atoms with Gasteiger partial charge >= 0.3 is 0 Å². The van der Waals surface area contributed by atoms with Crippen LogP contribution in [0.25, 0.3) is 11.1 Å². The van der Waals surface area contributed by atoms with Crippen molar-refractivity contribution >= 4 is 11.1 Å². The van der Waals surface area contributed by atoms with Crippen LogP contribution in [0, 0.1) is 0 Å². The van der Waals surface area contributed by atoms with Gasteiger partial charge in [-0.1, -0.05) is 19.1 Å². The molecule has 1 aromatic carbocycles. The SMILES string of the molecule is CCNC1COCC1c1nc2ccccc2o1. The molecule has 1 aromatic heterocycles. The van der Waals surface area contributed by atoms with Gasteiger partial charge in [-0.05, 0) is 18.7 Å². The summed E-state index contributed by atoms with van der Waals surface area (Å²) in [6.45, 7) is 4.45. The van der Waals surface area contributed by atoms with Gasteiger partial charge in [-0.3, -0.25) is 0 Å². The van der Waals surface area contributed by atoms with Crippen molar-refractivity contribution in [3.05, 3.63) is 30.2 Å². The number of ether oxygens (including phenoxy) is 1. The predicted molar refractivity (Wildman–Crippen MR) is 65.0 cm³/mol. The molecule has 1 N–H and O–H groups in total. The molecule has 0 bridgehead atoms. The lowest BCUT2D eigenvalue weighted by Crippen LogP contribution is -2.34. The van der Waals surface area contributed by atoms with Gasteiger partial charge in [-0.25, -0.2) is 4.98 Å². The van der Waals surface area contributed by atoms with Crippen molar-refractivity contribution in [1.29, 1.82) is 0 Å². The molecular weight excluding hydrogens is 216 g/mol. The van der Waals surface area contributed by atoms with Gasteiger partial charge in [0.05, 0.1) is 19.1 Å². The Hall–Kier alpha value is -1.39. The third kappa shape index (κ3) is 1.94. The van der Waals surface area contributed by atoms with E-state index in [-0.39, 0.29) is 5.92 Å². The van der Waals surface area contributed by atoms with E-state index in [1.165, 1.54) is 0 Å². The molecule has 0 saturated carbocycles. The fourth-order valence-corrected chi connectivity index (χ4v) is 2.31. The highest BCUT2D eigenvalue weighted by Crippen LogP contribution is 2.27. The largest absolute Gasteiger partial charge is 0.440 e. The van der Waals surface area contributed by atoms with Gasteiger partial charge in [0.2, 0.25) is 5.89 Å². The van der Waals surface area contributed by atoms with E-state index in [4.69, 9.17) is 9.15 Å². The highest BCUT2D eigenvalue weighted by molar-refractivity contribution is 5.72. The Bertz CT molecular complexity index is 476. The molecule has 3 rings (SSSR count). The molecule has 1 aliphatic rings. The first kappa shape index (κ1) is 10.7. The third-order valence-electron chi connectivity index (χ3n) is 3.17. The molecule has 4 nitrogen and oxygen atoms in total. The molecule has 1 fully saturated rings. The minimum absolute atomic E-state index is 0.224. The maximum absolute atomic E-state index is 5.80. The Morgan fingerprint density at radius 2 is 2.24 bits per heavy atom. The minimum atomic E-state index is 0.224. The summed E-state index contributed by atoms with van der Waals surface area (Å²) in [7, 11) is 0. The Kier molecular flexibility index (Phi) is 2.82. The van der Waals surface area contributed by atoms with Gasteiger partial charge in [0.25, 0.3) is 0 Å². The first-order chi connectivity index (χ1) is 8.38. The molecule has 4 heteroatoms. The van der Waals surface area contributed by atoms with Crippen LogP contribution >= 0.6 is 0 Å². The number of fused-ring (bicyclic) bond motifs is 1. The summed E-state index contributed by atoms with van der Waals surface area (Å²) in [5.41, 5.74) is 1.77. The van der Waals surface area contributed by atoms with E-state index in [1.807, 2.05) is 24.3 Å². The second-order valence-electron chi connectivity index (χ2n) is 4.33. The van der Waals surface area contributed by atoms with Crippen molar-refractivity contribution in [3.8, 4) is 0 Å². The van der Waals surface area contributed by atoms with Crippen LogP contribution in [-0.2, 0) is 4.74 Å². The van der Waals surface area contributed by atoms with Crippen LogP contribution in [0.4, 0.5) is 0 Å². The number of nitrogens with zero attached hydrogens (tertiary/aromatic N) is 1. The van der Waals surface area contributed by atoms with Crippen LogP contribution in [0.3, 0.4) is 0 Å². The fraction of sp³-hybridized carbons (Fsp3) is 0.462. The van der Waals surface area contributed by atoms with E-state index < -0.39 is 0 Å². The van der Waals surface area contributed by atoms with Crippen LogP contribution in [0.1, 0.15) is 18.7 Å². The Labute approximate surface area is 100.0 Å². The van der Waals surface area contributed by atoms with Gasteiger partial charge < -0.3 is 14.5 Å². The van der Waals surface area contributed by atoms with E-state index in [0.717, 1.165) is 30.1 Å². The lowest BCUT2D eigenvalue weighted by molar-refractivity contribution is 0.186.